The van der Waals surface area contributed by atoms with Gasteiger partial charge in [-0.3, -0.25) is 14.2 Å². The first kappa shape index (κ1) is 22.2. The van der Waals surface area contributed by atoms with Crippen molar-refractivity contribution in [1.82, 2.24) is 14.5 Å². The summed E-state index contributed by atoms with van der Waals surface area (Å²) >= 11 is 1.33. The van der Waals surface area contributed by atoms with Gasteiger partial charge in [-0.25, -0.2) is 4.98 Å². The number of terminal acetylenes is 1. The molecule has 5 rings (SSSR count). The fraction of sp³-hybridized carbons (Fsp3) is 0.250. The maximum atomic E-state index is 13.7. The van der Waals surface area contributed by atoms with Gasteiger partial charge in [0.25, 0.3) is 5.56 Å². The molecule has 1 aliphatic heterocycles. The number of rotatable bonds is 5. The molecule has 4 aromatic rings. The number of hydrogen-bond donors (Lipinski definition) is 0. The van der Waals surface area contributed by atoms with Crippen LogP contribution >= 0.6 is 11.8 Å². The monoisotopic (exact) mass is 467 g/mol. The highest BCUT2D eigenvalue weighted by atomic mass is 32.2. The summed E-state index contributed by atoms with van der Waals surface area (Å²) in [6.07, 6.45) is 7.43. The Labute approximate surface area is 202 Å². The highest BCUT2D eigenvalue weighted by Crippen LogP contribution is 2.38. The fourth-order valence-electron chi connectivity index (χ4n) is 4.61. The van der Waals surface area contributed by atoms with E-state index in [1.807, 2.05) is 73.7 Å². The van der Waals surface area contributed by atoms with Gasteiger partial charge < -0.3 is 4.90 Å². The van der Waals surface area contributed by atoms with Crippen LogP contribution in [-0.2, 0) is 11.3 Å². The summed E-state index contributed by atoms with van der Waals surface area (Å²) in [5.41, 5.74) is 1.41. The lowest BCUT2D eigenvalue weighted by Gasteiger charge is -2.26. The van der Waals surface area contributed by atoms with E-state index in [9.17, 15) is 9.59 Å². The van der Waals surface area contributed by atoms with Gasteiger partial charge in [0.05, 0.1) is 16.9 Å². The normalized spacial score (nSPS) is 16.6. The van der Waals surface area contributed by atoms with E-state index >= 15 is 0 Å². The van der Waals surface area contributed by atoms with Crippen molar-refractivity contribution in [2.75, 3.05) is 6.54 Å². The van der Waals surface area contributed by atoms with Crippen molar-refractivity contribution in [2.45, 2.75) is 42.8 Å². The molecule has 0 saturated carbocycles. The van der Waals surface area contributed by atoms with Crippen molar-refractivity contribution in [3.05, 3.63) is 82.6 Å². The number of amides is 1. The van der Waals surface area contributed by atoms with Crippen molar-refractivity contribution in [2.24, 2.45) is 0 Å². The van der Waals surface area contributed by atoms with Gasteiger partial charge in [-0.15, -0.1) is 6.42 Å². The molecule has 1 saturated heterocycles. The molecule has 0 N–H and O–H groups in total. The molecule has 2 atom stereocenters. The molecule has 170 valence electrons. The number of carbonyl (C=O) groups excluding carboxylic acids is 1. The fourth-order valence-corrected chi connectivity index (χ4v) is 5.84. The van der Waals surface area contributed by atoms with E-state index in [1.54, 1.807) is 9.47 Å². The molecule has 1 aliphatic rings. The zero-order chi connectivity index (χ0) is 23.7. The first-order valence-corrected chi connectivity index (χ1v) is 12.4. The van der Waals surface area contributed by atoms with E-state index in [-0.39, 0.29) is 17.5 Å². The number of fused-ring (bicyclic) bond motifs is 2. The SMILES string of the molecule is C#CC1CCCN1C(=O)C(Sc1nc2cc3ccccc3cc2c(=O)n1CC)c1ccccc1. The van der Waals surface area contributed by atoms with Crippen LogP contribution in [0, 0.1) is 12.3 Å². The molecule has 0 aliphatic carbocycles. The average molecular weight is 468 g/mol. The second-order valence-corrected chi connectivity index (χ2v) is 9.50. The summed E-state index contributed by atoms with van der Waals surface area (Å²) in [5.74, 6) is 2.73. The van der Waals surface area contributed by atoms with Crippen LogP contribution in [0.4, 0.5) is 0 Å². The third kappa shape index (κ3) is 3.97. The molecule has 2 heterocycles. The van der Waals surface area contributed by atoms with Crippen LogP contribution in [0.15, 0.2) is 76.7 Å². The predicted molar refractivity (Wildman–Crippen MR) is 138 cm³/mol. The van der Waals surface area contributed by atoms with Crippen molar-refractivity contribution in [3.63, 3.8) is 0 Å². The smallest absolute Gasteiger partial charge is 0.262 e. The second-order valence-electron chi connectivity index (χ2n) is 8.43. The Morgan fingerprint density at radius 1 is 1.15 bits per heavy atom. The zero-order valence-electron chi connectivity index (χ0n) is 19.0. The summed E-state index contributed by atoms with van der Waals surface area (Å²) in [4.78, 5) is 33.9. The van der Waals surface area contributed by atoms with Crippen LogP contribution in [-0.4, -0.2) is 32.9 Å². The van der Waals surface area contributed by atoms with Crippen LogP contribution in [0.1, 0.15) is 30.6 Å². The molecule has 1 fully saturated rings. The van der Waals surface area contributed by atoms with E-state index in [0.717, 1.165) is 29.2 Å². The molecule has 0 bridgehead atoms. The van der Waals surface area contributed by atoms with E-state index in [1.165, 1.54) is 11.8 Å². The minimum absolute atomic E-state index is 0.0350. The molecule has 0 radical (unpaired) electrons. The van der Waals surface area contributed by atoms with E-state index in [0.29, 0.717) is 29.1 Å². The van der Waals surface area contributed by atoms with Gasteiger partial charge in [-0.2, -0.15) is 0 Å². The Bertz CT molecular complexity index is 1470. The summed E-state index contributed by atoms with van der Waals surface area (Å²) in [6, 6.07) is 21.3. The molecular weight excluding hydrogens is 442 g/mol. The number of hydrogen-bond acceptors (Lipinski definition) is 4. The number of benzene rings is 3. The molecular formula is C28H25N3O2S. The van der Waals surface area contributed by atoms with Crippen LogP contribution < -0.4 is 5.56 Å². The molecule has 1 aromatic heterocycles. The molecule has 2 unspecified atom stereocenters. The first-order valence-electron chi connectivity index (χ1n) is 11.5. The number of carbonyl (C=O) groups is 1. The molecule has 6 heteroatoms. The summed E-state index contributed by atoms with van der Waals surface area (Å²) < 4.78 is 1.66. The van der Waals surface area contributed by atoms with Gasteiger partial charge in [-0.1, -0.05) is 72.3 Å². The number of nitrogens with zero attached hydrogens (tertiary/aromatic N) is 3. The van der Waals surface area contributed by atoms with Crippen molar-refractivity contribution < 1.29 is 4.79 Å². The molecule has 0 spiro atoms. The molecule has 3 aromatic carbocycles. The van der Waals surface area contributed by atoms with Crippen LogP contribution in [0.5, 0.6) is 0 Å². The van der Waals surface area contributed by atoms with E-state index < -0.39 is 5.25 Å². The molecule has 1 amide bonds. The van der Waals surface area contributed by atoms with Crippen LogP contribution in [0.25, 0.3) is 21.7 Å². The standard InChI is InChI=1S/C28H25N3O2S/c1-3-22-15-10-16-31(22)27(33)25(19-11-6-5-7-12-19)34-28-29-24-18-21-14-9-8-13-20(21)17-23(24)26(32)30(28)4-2/h1,5-9,11-14,17-18,22,25H,4,10,15-16H2,2H3. The Hall–Kier alpha value is -3.56. The Kier molecular flexibility index (Phi) is 6.12. The summed E-state index contributed by atoms with van der Waals surface area (Å²) in [7, 11) is 0. The van der Waals surface area contributed by atoms with Gasteiger partial charge in [0.2, 0.25) is 5.91 Å². The predicted octanol–water partition coefficient (Wildman–Crippen LogP) is 5.03. The quantitative estimate of drug-likeness (QED) is 0.179. The van der Waals surface area contributed by atoms with Crippen molar-refractivity contribution >= 4 is 39.3 Å². The highest BCUT2D eigenvalue weighted by Gasteiger charge is 2.34. The zero-order valence-corrected chi connectivity index (χ0v) is 19.8. The largest absolute Gasteiger partial charge is 0.328 e. The minimum Gasteiger partial charge on any atom is -0.328 e. The lowest BCUT2D eigenvalue weighted by molar-refractivity contribution is -0.130. The average Bonchev–Trinajstić information content (AvgIpc) is 3.36. The number of likely N-dealkylation sites (tertiary alicyclic amines) is 1. The van der Waals surface area contributed by atoms with Crippen molar-refractivity contribution in [3.8, 4) is 12.3 Å². The third-order valence-electron chi connectivity index (χ3n) is 6.38. The van der Waals surface area contributed by atoms with Gasteiger partial charge in [0.15, 0.2) is 5.16 Å². The Morgan fingerprint density at radius 3 is 2.56 bits per heavy atom. The maximum Gasteiger partial charge on any atom is 0.262 e. The number of thioether (sulfide) groups is 1. The van der Waals surface area contributed by atoms with Gasteiger partial charge in [0, 0.05) is 13.1 Å². The van der Waals surface area contributed by atoms with Gasteiger partial charge in [-0.05, 0) is 48.2 Å². The van der Waals surface area contributed by atoms with Gasteiger partial charge >= 0.3 is 0 Å². The Balaban J connectivity index is 1.63. The molecule has 5 nitrogen and oxygen atoms in total. The number of aromatic nitrogens is 2. The topological polar surface area (TPSA) is 55.2 Å². The summed E-state index contributed by atoms with van der Waals surface area (Å²) in [6.45, 7) is 3.03. The van der Waals surface area contributed by atoms with Gasteiger partial charge in [0.1, 0.15) is 5.25 Å². The first-order chi connectivity index (χ1) is 16.6. The summed E-state index contributed by atoms with van der Waals surface area (Å²) in [5, 5.41) is 2.60. The van der Waals surface area contributed by atoms with E-state index in [2.05, 4.69) is 5.92 Å². The van der Waals surface area contributed by atoms with E-state index in [4.69, 9.17) is 11.4 Å². The van der Waals surface area contributed by atoms with Crippen LogP contribution in [0.3, 0.4) is 0 Å². The highest BCUT2D eigenvalue weighted by molar-refractivity contribution is 8.00. The molecule has 34 heavy (non-hydrogen) atoms. The van der Waals surface area contributed by atoms with Crippen LogP contribution in [0.2, 0.25) is 0 Å². The lowest BCUT2D eigenvalue weighted by Crippen LogP contribution is -2.37. The minimum atomic E-state index is -0.544. The third-order valence-corrected chi connectivity index (χ3v) is 7.61. The lowest BCUT2D eigenvalue weighted by atomic mass is 10.1. The maximum absolute atomic E-state index is 13.7. The Morgan fingerprint density at radius 2 is 1.85 bits per heavy atom. The second kappa shape index (κ2) is 9.36. The van der Waals surface area contributed by atoms with Crippen molar-refractivity contribution in [1.29, 1.82) is 0 Å².